The summed E-state index contributed by atoms with van der Waals surface area (Å²) in [5.41, 5.74) is 1.51. The predicted octanol–water partition coefficient (Wildman–Crippen LogP) is 4.42. The second kappa shape index (κ2) is 8.80. The van der Waals surface area contributed by atoms with Gasteiger partial charge in [-0.25, -0.2) is 4.79 Å². The maximum absolute atomic E-state index is 12.3. The zero-order valence-electron chi connectivity index (χ0n) is 15.8. The van der Waals surface area contributed by atoms with Crippen molar-refractivity contribution in [1.29, 1.82) is 5.26 Å². The molecule has 1 unspecified atom stereocenters. The van der Waals surface area contributed by atoms with Crippen molar-refractivity contribution < 1.29 is 14.3 Å². The molecule has 0 bridgehead atoms. The minimum absolute atomic E-state index is 0.178. The van der Waals surface area contributed by atoms with Crippen LogP contribution in [0.25, 0.3) is 6.08 Å². The molecule has 2 aliphatic rings. The number of hydrogen-bond donors (Lipinski definition) is 1. The second-order valence-electron chi connectivity index (χ2n) is 7.10. The lowest BCUT2D eigenvalue weighted by molar-refractivity contribution is -0.111. The van der Waals surface area contributed by atoms with E-state index in [4.69, 9.17) is 4.74 Å². The Morgan fingerprint density at radius 1 is 1.34 bits per heavy atom. The number of likely N-dealkylation sites (tertiary alicyclic amines) is 1. The van der Waals surface area contributed by atoms with E-state index in [-0.39, 0.29) is 18.1 Å². The van der Waals surface area contributed by atoms with Crippen molar-refractivity contribution >= 4 is 45.8 Å². The summed E-state index contributed by atoms with van der Waals surface area (Å²) in [7, 11) is 0. The van der Waals surface area contributed by atoms with Gasteiger partial charge in [-0.2, -0.15) is 5.26 Å². The highest BCUT2D eigenvalue weighted by Gasteiger charge is 2.30. The maximum Gasteiger partial charge on any atom is 0.410 e. The third-order valence-electron chi connectivity index (χ3n) is 5.14. The van der Waals surface area contributed by atoms with Gasteiger partial charge >= 0.3 is 6.09 Å². The Hall–Kier alpha value is -2.63. The van der Waals surface area contributed by atoms with Gasteiger partial charge in [0.15, 0.2) is 0 Å². The normalized spacial score (nSPS) is 18.4. The Labute approximate surface area is 177 Å². The van der Waals surface area contributed by atoms with Crippen molar-refractivity contribution in [3.63, 3.8) is 0 Å². The molecule has 8 heteroatoms. The molecule has 1 fully saturated rings. The molecule has 1 saturated heterocycles. The number of carbonyl (C=O) groups is 2. The van der Waals surface area contributed by atoms with Gasteiger partial charge in [-0.1, -0.05) is 6.07 Å². The third kappa shape index (κ3) is 4.52. The fourth-order valence-corrected chi connectivity index (χ4v) is 5.56. The largest absolute Gasteiger partial charge is 0.446 e. The fourth-order valence-electron chi connectivity index (χ4n) is 3.68. The van der Waals surface area contributed by atoms with E-state index in [1.807, 2.05) is 17.5 Å². The topological polar surface area (TPSA) is 82.4 Å². The minimum Gasteiger partial charge on any atom is -0.446 e. The van der Waals surface area contributed by atoms with Crippen molar-refractivity contribution in [3.05, 3.63) is 44.5 Å². The molecular weight excluding hydrogens is 406 g/mol. The number of amides is 2. The molecule has 1 N–H and O–H groups in total. The number of nitriles is 1. The lowest BCUT2D eigenvalue weighted by atomic mass is 9.94. The summed E-state index contributed by atoms with van der Waals surface area (Å²) in [6.45, 7) is 1.53. The molecule has 0 radical (unpaired) electrons. The highest BCUT2D eigenvalue weighted by atomic mass is 32.1. The van der Waals surface area contributed by atoms with Gasteiger partial charge in [0.2, 0.25) is 5.91 Å². The van der Waals surface area contributed by atoms with E-state index in [0.717, 1.165) is 41.2 Å². The molecular formula is C21H21N3O3S2. The molecule has 1 aliphatic carbocycles. The number of ether oxygens (including phenoxy) is 1. The molecule has 0 spiro atoms. The number of nitrogens with one attached hydrogen (secondary N) is 1. The standard InChI is InChI=1S/C21H21N3O3S2/c22-13-17-16-7-5-14(27-21(26)24-9-1-2-10-24)12-18(16)29-20(17)23-19(25)8-6-15-4-3-11-28-15/h3-4,6,8,11,14H,1-2,5,7,9-10,12H2,(H,23,25). The van der Waals surface area contributed by atoms with Gasteiger partial charge in [0, 0.05) is 35.3 Å². The fraction of sp³-hybridized carbons (Fsp3) is 0.381. The summed E-state index contributed by atoms with van der Waals surface area (Å²) in [6.07, 6.45) is 6.85. The monoisotopic (exact) mass is 427 g/mol. The van der Waals surface area contributed by atoms with Crippen molar-refractivity contribution in [2.75, 3.05) is 18.4 Å². The first-order valence-corrected chi connectivity index (χ1v) is 11.4. The highest BCUT2D eigenvalue weighted by Crippen LogP contribution is 2.38. The zero-order chi connectivity index (χ0) is 20.2. The van der Waals surface area contributed by atoms with E-state index in [0.29, 0.717) is 29.8 Å². The third-order valence-corrected chi connectivity index (χ3v) is 7.15. The number of carbonyl (C=O) groups excluding carboxylic acids is 2. The number of nitrogens with zero attached hydrogens (tertiary/aromatic N) is 2. The summed E-state index contributed by atoms with van der Waals surface area (Å²) in [4.78, 5) is 28.3. The molecule has 3 heterocycles. The van der Waals surface area contributed by atoms with Crippen LogP contribution in [-0.2, 0) is 22.4 Å². The molecule has 2 aromatic rings. The predicted molar refractivity (Wildman–Crippen MR) is 114 cm³/mol. The zero-order valence-corrected chi connectivity index (χ0v) is 17.5. The van der Waals surface area contributed by atoms with Gasteiger partial charge in [-0.3, -0.25) is 4.79 Å². The van der Waals surface area contributed by atoms with Crippen LogP contribution < -0.4 is 5.32 Å². The van der Waals surface area contributed by atoms with Crippen molar-refractivity contribution in [2.45, 2.75) is 38.2 Å². The van der Waals surface area contributed by atoms with Crippen LogP contribution in [0.15, 0.2) is 23.6 Å². The van der Waals surface area contributed by atoms with Crippen LogP contribution >= 0.6 is 22.7 Å². The van der Waals surface area contributed by atoms with Crippen LogP contribution in [0.1, 0.15) is 40.1 Å². The number of rotatable bonds is 4. The Balaban J connectivity index is 1.42. The first-order valence-electron chi connectivity index (χ1n) is 9.67. The van der Waals surface area contributed by atoms with E-state index < -0.39 is 0 Å². The molecule has 150 valence electrons. The maximum atomic E-state index is 12.3. The molecule has 2 amide bonds. The Morgan fingerprint density at radius 2 is 2.17 bits per heavy atom. The smallest absolute Gasteiger partial charge is 0.410 e. The van der Waals surface area contributed by atoms with E-state index in [2.05, 4.69) is 11.4 Å². The molecule has 0 aromatic carbocycles. The molecule has 1 aliphatic heterocycles. The molecule has 0 saturated carbocycles. The first kappa shape index (κ1) is 19.7. The molecule has 4 rings (SSSR count). The summed E-state index contributed by atoms with van der Waals surface area (Å²) >= 11 is 2.96. The van der Waals surface area contributed by atoms with E-state index >= 15 is 0 Å². The van der Waals surface area contributed by atoms with Gasteiger partial charge in [0.05, 0.1) is 5.56 Å². The summed E-state index contributed by atoms with van der Waals surface area (Å²) < 4.78 is 5.69. The first-order chi connectivity index (χ1) is 14.1. The SMILES string of the molecule is N#Cc1c(NC(=O)C=Cc2cccs2)sc2c1CCC(OC(=O)N1CCCC1)C2. The van der Waals surface area contributed by atoms with Crippen LogP contribution in [0, 0.1) is 11.3 Å². The Bertz CT molecular complexity index is 966. The molecule has 29 heavy (non-hydrogen) atoms. The molecule has 6 nitrogen and oxygen atoms in total. The van der Waals surface area contributed by atoms with Crippen molar-refractivity contribution in [1.82, 2.24) is 4.90 Å². The van der Waals surface area contributed by atoms with E-state index in [9.17, 15) is 14.9 Å². The summed E-state index contributed by atoms with van der Waals surface area (Å²) in [5.74, 6) is -0.259. The second-order valence-corrected chi connectivity index (χ2v) is 9.18. The Kier molecular flexibility index (Phi) is 5.97. The van der Waals surface area contributed by atoms with Crippen LogP contribution in [0.4, 0.5) is 9.80 Å². The van der Waals surface area contributed by atoms with Gasteiger partial charge in [0.1, 0.15) is 17.2 Å². The summed E-state index contributed by atoms with van der Waals surface area (Å²) in [6, 6.07) is 6.10. The average Bonchev–Trinajstić information content (AvgIpc) is 3.46. The van der Waals surface area contributed by atoms with Crippen LogP contribution in [0.5, 0.6) is 0 Å². The van der Waals surface area contributed by atoms with E-state index in [1.165, 1.54) is 17.4 Å². The van der Waals surface area contributed by atoms with Gasteiger partial charge in [-0.15, -0.1) is 22.7 Å². The summed E-state index contributed by atoms with van der Waals surface area (Å²) in [5, 5.41) is 15.0. The number of anilines is 1. The number of fused-ring (bicyclic) bond motifs is 1. The van der Waals surface area contributed by atoms with Gasteiger partial charge < -0.3 is 15.0 Å². The minimum atomic E-state index is -0.259. The van der Waals surface area contributed by atoms with Crippen LogP contribution in [0.3, 0.4) is 0 Å². The lowest BCUT2D eigenvalue weighted by Crippen LogP contribution is -2.34. The number of hydrogen-bond acceptors (Lipinski definition) is 6. The Morgan fingerprint density at radius 3 is 2.90 bits per heavy atom. The molecule has 2 aromatic heterocycles. The van der Waals surface area contributed by atoms with Gasteiger partial charge in [-0.05, 0) is 48.8 Å². The quantitative estimate of drug-likeness (QED) is 0.732. The molecule has 1 atom stereocenters. The average molecular weight is 428 g/mol. The van der Waals surface area contributed by atoms with Gasteiger partial charge in [0.25, 0.3) is 0 Å². The van der Waals surface area contributed by atoms with Crippen LogP contribution in [-0.4, -0.2) is 36.1 Å². The highest BCUT2D eigenvalue weighted by molar-refractivity contribution is 7.16. The van der Waals surface area contributed by atoms with Crippen molar-refractivity contribution in [2.24, 2.45) is 0 Å². The lowest BCUT2D eigenvalue weighted by Gasteiger charge is -2.25. The van der Waals surface area contributed by atoms with Crippen LogP contribution in [0.2, 0.25) is 0 Å². The van der Waals surface area contributed by atoms with Crippen molar-refractivity contribution in [3.8, 4) is 6.07 Å². The number of thiophene rings is 2. The van der Waals surface area contributed by atoms with E-state index in [1.54, 1.807) is 22.3 Å².